The van der Waals surface area contributed by atoms with Gasteiger partial charge in [0.15, 0.2) is 5.82 Å². The van der Waals surface area contributed by atoms with E-state index in [1.165, 1.54) is 0 Å². The average Bonchev–Trinajstić information content (AvgIpc) is 3.09. The van der Waals surface area contributed by atoms with Gasteiger partial charge in [-0.2, -0.15) is 10.1 Å². The molecule has 0 spiro atoms. The Bertz CT molecular complexity index is 691. The quantitative estimate of drug-likeness (QED) is 0.860. The number of aromatic nitrogens is 4. The highest BCUT2D eigenvalue weighted by atomic mass is 16.5. The lowest BCUT2D eigenvalue weighted by Crippen LogP contribution is -2.35. The summed E-state index contributed by atoms with van der Waals surface area (Å²) in [6.07, 6.45) is 7.54. The average molecular weight is 331 g/mol. The first-order chi connectivity index (χ1) is 11.5. The molecule has 0 aromatic carbocycles. The molecule has 130 valence electrons. The van der Waals surface area contributed by atoms with Crippen LogP contribution in [0.5, 0.6) is 0 Å². The number of hydrogen-bond donors (Lipinski definition) is 0. The minimum Gasteiger partial charge on any atom is -0.340 e. The van der Waals surface area contributed by atoms with Crippen molar-refractivity contribution in [1.82, 2.24) is 24.8 Å². The smallest absolute Gasteiger partial charge is 0.257 e. The summed E-state index contributed by atoms with van der Waals surface area (Å²) >= 11 is 0. The van der Waals surface area contributed by atoms with Crippen molar-refractivity contribution in [3.8, 4) is 0 Å². The van der Waals surface area contributed by atoms with E-state index in [0.717, 1.165) is 32.2 Å². The normalized spacial score (nSPS) is 18.8. The Labute approximate surface area is 142 Å². The number of rotatable bonds is 4. The van der Waals surface area contributed by atoms with Gasteiger partial charge < -0.3 is 9.42 Å². The van der Waals surface area contributed by atoms with Crippen molar-refractivity contribution >= 4 is 5.91 Å². The van der Waals surface area contributed by atoms with Crippen molar-refractivity contribution in [3.63, 3.8) is 0 Å². The van der Waals surface area contributed by atoms with Gasteiger partial charge in [-0.3, -0.25) is 9.48 Å². The van der Waals surface area contributed by atoms with Crippen LogP contribution >= 0.6 is 0 Å². The summed E-state index contributed by atoms with van der Waals surface area (Å²) in [6, 6.07) is -0.120. The molecule has 24 heavy (non-hydrogen) atoms. The Morgan fingerprint density at radius 2 is 2.21 bits per heavy atom. The molecule has 0 saturated carbocycles. The summed E-state index contributed by atoms with van der Waals surface area (Å²) in [5.74, 6) is 1.63. The Balaban J connectivity index is 1.83. The highest BCUT2D eigenvalue weighted by Gasteiger charge is 2.31. The molecule has 1 unspecified atom stereocenters. The molecule has 3 rings (SSSR count). The summed E-state index contributed by atoms with van der Waals surface area (Å²) in [6.45, 7) is 7.56. The molecule has 2 aromatic rings. The van der Waals surface area contributed by atoms with Gasteiger partial charge in [0.05, 0.1) is 17.8 Å². The molecule has 0 radical (unpaired) electrons. The Kier molecular flexibility index (Phi) is 4.97. The van der Waals surface area contributed by atoms with Gasteiger partial charge in [0.1, 0.15) is 0 Å². The van der Waals surface area contributed by atoms with Crippen LogP contribution in [0, 0.1) is 12.8 Å². The topological polar surface area (TPSA) is 77.1 Å². The maximum atomic E-state index is 13.0. The SMILES string of the molecule is Cc1nc(C2CCCCCN2C(=O)c2cnn(CC(C)C)c2)no1. The molecule has 3 heterocycles. The highest BCUT2D eigenvalue weighted by Crippen LogP contribution is 2.29. The number of carbonyl (C=O) groups excluding carboxylic acids is 1. The molecule has 1 fully saturated rings. The molecular formula is C17H25N5O2. The maximum Gasteiger partial charge on any atom is 0.257 e. The van der Waals surface area contributed by atoms with E-state index in [2.05, 4.69) is 29.1 Å². The summed E-state index contributed by atoms with van der Waals surface area (Å²) < 4.78 is 6.96. The molecule has 7 nitrogen and oxygen atoms in total. The molecule has 1 saturated heterocycles. The lowest BCUT2D eigenvalue weighted by Gasteiger charge is -2.27. The van der Waals surface area contributed by atoms with Crippen molar-refractivity contribution in [2.24, 2.45) is 5.92 Å². The van der Waals surface area contributed by atoms with Crippen LogP contribution in [0.15, 0.2) is 16.9 Å². The van der Waals surface area contributed by atoms with E-state index in [4.69, 9.17) is 4.52 Å². The predicted molar refractivity (Wildman–Crippen MR) is 88.3 cm³/mol. The first-order valence-corrected chi connectivity index (χ1v) is 8.68. The molecule has 0 N–H and O–H groups in total. The fraction of sp³-hybridized carbons (Fsp3) is 0.647. The molecular weight excluding hydrogens is 306 g/mol. The van der Waals surface area contributed by atoms with Gasteiger partial charge in [-0.1, -0.05) is 31.8 Å². The van der Waals surface area contributed by atoms with Gasteiger partial charge in [-0.25, -0.2) is 0 Å². The zero-order valence-corrected chi connectivity index (χ0v) is 14.6. The first kappa shape index (κ1) is 16.7. The highest BCUT2D eigenvalue weighted by molar-refractivity contribution is 5.94. The van der Waals surface area contributed by atoms with Crippen LogP contribution in [0.2, 0.25) is 0 Å². The van der Waals surface area contributed by atoms with E-state index in [9.17, 15) is 4.79 Å². The number of aryl methyl sites for hydroxylation is 1. The van der Waals surface area contributed by atoms with Crippen LogP contribution in [-0.2, 0) is 6.54 Å². The van der Waals surface area contributed by atoms with Gasteiger partial charge in [0.2, 0.25) is 5.89 Å². The molecule has 1 aliphatic heterocycles. The van der Waals surface area contributed by atoms with Crippen LogP contribution in [0.4, 0.5) is 0 Å². The monoisotopic (exact) mass is 331 g/mol. The van der Waals surface area contributed by atoms with E-state index >= 15 is 0 Å². The van der Waals surface area contributed by atoms with Crippen molar-refractivity contribution in [1.29, 1.82) is 0 Å². The zero-order chi connectivity index (χ0) is 17.1. The second kappa shape index (κ2) is 7.15. The van der Waals surface area contributed by atoms with Gasteiger partial charge in [0, 0.05) is 26.2 Å². The van der Waals surface area contributed by atoms with Crippen LogP contribution < -0.4 is 0 Å². The third-order valence-corrected chi connectivity index (χ3v) is 4.29. The van der Waals surface area contributed by atoms with Gasteiger partial charge in [-0.15, -0.1) is 0 Å². The second-order valence-electron chi connectivity index (χ2n) is 6.88. The fourth-order valence-electron chi connectivity index (χ4n) is 3.18. The molecule has 1 aliphatic rings. The van der Waals surface area contributed by atoms with Crippen LogP contribution in [-0.4, -0.2) is 37.3 Å². The van der Waals surface area contributed by atoms with Crippen molar-refractivity contribution < 1.29 is 9.32 Å². The standard InChI is InChI=1S/C17H25N5O2/c1-12(2)10-21-11-14(9-18-21)17(23)22-8-6-4-5-7-15(22)16-19-13(3)24-20-16/h9,11-12,15H,4-8,10H2,1-3H3. The van der Waals surface area contributed by atoms with Gasteiger partial charge in [0.25, 0.3) is 5.91 Å². The van der Waals surface area contributed by atoms with Crippen LogP contribution in [0.3, 0.4) is 0 Å². The maximum absolute atomic E-state index is 13.0. The van der Waals surface area contributed by atoms with Gasteiger partial charge >= 0.3 is 0 Å². The molecule has 1 atom stereocenters. The molecule has 2 aromatic heterocycles. The summed E-state index contributed by atoms with van der Waals surface area (Å²) in [5, 5.41) is 8.37. The minimum absolute atomic E-state index is 0.000593. The molecule has 1 amide bonds. The summed E-state index contributed by atoms with van der Waals surface area (Å²) in [5.41, 5.74) is 0.628. The third kappa shape index (κ3) is 3.66. The summed E-state index contributed by atoms with van der Waals surface area (Å²) in [4.78, 5) is 19.3. The lowest BCUT2D eigenvalue weighted by molar-refractivity contribution is 0.0670. The summed E-state index contributed by atoms with van der Waals surface area (Å²) in [7, 11) is 0. The van der Waals surface area contributed by atoms with Crippen LogP contribution in [0.1, 0.15) is 67.6 Å². The zero-order valence-electron chi connectivity index (χ0n) is 14.6. The first-order valence-electron chi connectivity index (χ1n) is 8.68. The Hall–Kier alpha value is -2.18. The number of hydrogen-bond acceptors (Lipinski definition) is 5. The molecule has 0 aliphatic carbocycles. The number of amides is 1. The molecule has 0 bridgehead atoms. The number of carbonyl (C=O) groups is 1. The predicted octanol–water partition coefficient (Wildman–Crippen LogP) is 2.99. The fourth-order valence-corrected chi connectivity index (χ4v) is 3.18. The lowest BCUT2D eigenvalue weighted by atomic mass is 10.1. The molecule has 7 heteroatoms. The largest absolute Gasteiger partial charge is 0.340 e. The van der Waals surface area contributed by atoms with E-state index in [1.54, 1.807) is 13.1 Å². The number of likely N-dealkylation sites (tertiary alicyclic amines) is 1. The van der Waals surface area contributed by atoms with E-state index < -0.39 is 0 Å². The van der Waals surface area contributed by atoms with Crippen LogP contribution in [0.25, 0.3) is 0 Å². The van der Waals surface area contributed by atoms with E-state index in [-0.39, 0.29) is 11.9 Å². The third-order valence-electron chi connectivity index (χ3n) is 4.29. The second-order valence-corrected chi connectivity index (χ2v) is 6.88. The van der Waals surface area contributed by atoms with Crippen molar-refractivity contribution in [2.45, 2.75) is 59.0 Å². The number of nitrogens with zero attached hydrogens (tertiary/aromatic N) is 5. The Morgan fingerprint density at radius 1 is 1.38 bits per heavy atom. The Morgan fingerprint density at radius 3 is 2.92 bits per heavy atom. The van der Waals surface area contributed by atoms with E-state index in [0.29, 0.717) is 29.7 Å². The van der Waals surface area contributed by atoms with E-state index in [1.807, 2.05) is 15.8 Å². The van der Waals surface area contributed by atoms with Crippen molar-refractivity contribution in [2.75, 3.05) is 6.54 Å². The van der Waals surface area contributed by atoms with Gasteiger partial charge in [-0.05, 0) is 18.8 Å². The van der Waals surface area contributed by atoms with Crippen molar-refractivity contribution in [3.05, 3.63) is 29.7 Å². The minimum atomic E-state index is -0.120.